The Morgan fingerprint density at radius 2 is 1.21 bits per heavy atom. The van der Waals surface area contributed by atoms with Crippen LogP contribution in [0.2, 0.25) is 0 Å². The average molecular weight is 683 g/mol. The molecule has 0 bridgehead atoms. The summed E-state index contributed by atoms with van der Waals surface area (Å²) >= 11 is 1.79. The first-order valence-corrected chi connectivity index (χ1v) is 18.6. The zero-order valence-electron chi connectivity index (χ0n) is 28.1. The second-order valence-electron chi connectivity index (χ2n) is 13.5. The fraction of sp³-hybridized carbons (Fsp3) is 0.0426. The first-order valence-electron chi connectivity index (χ1n) is 17.8. The maximum atomic E-state index is 5.33. The number of hydrogen-bond donors (Lipinski definition) is 0. The van der Waals surface area contributed by atoms with Crippen molar-refractivity contribution in [3.8, 4) is 28.7 Å². The average Bonchev–Trinajstić information content (AvgIpc) is 3.75. The molecule has 4 nitrogen and oxygen atoms in total. The predicted octanol–water partition coefficient (Wildman–Crippen LogP) is 12.7. The molecule has 10 aromatic rings. The van der Waals surface area contributed by atoms with Gasteiger partial charge in [0.15, 0.2) is 11.6 Å². The molecule has 3 heterocycles. The van der Waals surface area contributed by atoms with E-state index in [2.05, 4.69) is 162 Å². The molecule has 0 saturated carbocycles. The fourth-order valence-electron chi connectivity index (χ4n) is 7.90. The summed E-state index contributed by atoms with van der Waals surface area (Å²) in [6.45, 7) is 0. The molecular formula is C47H30N4S. The predicted molar refractivity (Wildman–Crippen MR) is 219 cm³/mol. The maximum absolute atomic E-state index is 5.33. The van der Waals surface area contributed by atoms with Crippen molar-refractivity contribution in [1.82, 2.24) is 19.5 Å². The van der Waals surface area contributed by atoms with Crippen molar-refractivity contribution in [3.63, 3.8) is 0 Å². The maximum Gasteiger partial charge on any atom is 0.238 e. The molecule has 0 fully saturated rings. The third-order valence-electron chi connectivity index (χ3n) is 10.4. The van der Waals surface area contributed by atoms with E-state index in [-0.39, 0.29) is 0 Å². The van der Waals surface area contributed by atoms with Crippen LogP contribution in [0.4, 0.5) is 0 Å². The molecule has 3 aromatic heterocycles. The van der Waals surface area contributed by atoms with Gasteiger partial charge in [-0.25, -0.2) is 4.98 Å². The van der Waals surface area contributed by atoms with Crippen molar-refractivity contribution in [3.05, 3.63) is 163 Å². The number of thiophene rings is 1. The molecule has 244 valence electrons. The number of aromatic nitrogens is 4. The number of nitrogens with zero attached hydrogens (tertiary/aromatic N) is 4. The van der Waals surface area contributed by atoms with Crippen LogP contribution in [-0.4, -0.2) is 19.5 Å². The summed E-state index contributed by atoms with van der Waals surface area (Å²) in [5.74, 6) is 1.91. The van der Waals surface area contributed by atoms with Gasteiger partial charge in [0.05, 0.1) is 11.0 Å². The summed E-state index contributed by atoms with van der Waals surface area (Å²) in [6, 6.07) is 50.0. The Morgan fingerprint density at radius 1 is 0.500 bits per heavy atom. The molecule has 52 heavy (non-hydrogen) atoms. The van der Waals surface area contributed by atoms with Gasteiger partial charge in [0.25, 0.3) is 0 Å². The Morgan fingerprint density at radius 3 is 2.08 bits per heavy atom. The van der Waals surface area contributed by atoms with Crippen molar-refractivity contribution < 1.29 is 0 Å². The highest BCUT2D eigenvalue weighted by atomic mass is 32.1. The Hall–Kier alpha value is -6.43. The monoisotopic (exact) mass is 682 g/mol. The second kappa shape index (κ2) is 11.6. The molecule has 1 aliphatic carbocycles. The van der Waals surface area contributed by atoms with E-state index < -0.39 is 0 Å². The summed E-state index contributed by atoms with van der Waals surface area (Å²) in [4.78, 5) is 15.9. The van der Waals surface area contributed by atoms with Gasteiger partial charge >= 0.3 is 0 Å². The summed E-state index contributed by atoms with van der Waals surface area (Å²) in [7, 11) is 0. The van der Waals surface area contributed by atoms with Gasteiger partial charge < -0.3 is 0 Å². The SMILES string of the molecule is C1=CC(c2ccc3cc(-c4nc(-c5cccc6c5sc5ccccc56)nc(-n5c6ccccc6c6cc7ccccc7cc65)n4)ccc3c2)=CCC1. The summed E-state index contributed by atoms with van der Waals surface area (Å²) < 4.78 is 4.65. The van der Waals surface area contributed by atoms with Crippen LogP contribution in [0, 0.1) is 0 Å². The zero-order valence-corrected chi connectivity index (χ0v) is 28.9. The number of benzene rings is 7. The minimum absolute atomic E-state index is 0.603. The van der Waals surface area contributed by atoms with Crippen LogP contribution >= 0.6 is 11.3 Å². The van der Waals surface area contributed by atoms with E-state index in [1.807, 2.05) is 0 Å². The third kappa shape index (κ3) is 4.63. The molecule has 0 N–H and O–H groups in total. The first kappa shape index (κ1) is 29.3. The molecule has 0 amide bonds. The molecule has 0 unspecified atom stereocenters. The molecule has 0 radical (unpaired) electrons. The minimum atomic E-state index is 0.603. The molecular weight excluding hydrogens is 653 g/mol. The van der Waals surface area contributed by atoms with Crippen LogP contribution in [0.15, 0.2) is 158 Å². The standard InChI is InChI=1S/C47H30N4S/c1-2-11-29(12-3-1)32-21-22-34-26-35(24-23-33(34)25-32)45-48-46(39-18-10-17-38-37-16-7-9-20-43(37)52-44(38)39)50-47(49-45)51-41-19-8-6-15-36(41)40-27-30-13-4-5-14-31(30)28-42(40)51/h2,4-28H,1,3H2. The largest absolute Gasteiger partial charge is 0.278 e. The van der Waals surface area contributed by atoms with Crippen molar-refractivity contribution in [2.45, 2.75) is 12.8 Å². The van der Waals surface area contributed by atoms with Crippen molar-refractivity contribution in [2.75, 3.05) is 0 Å². The van der Waals surface area contributed by atoms with Gasteiger partial charge in [-0.1, -0.05) is 115 Å². The highest BCUT2D eigenvalue weighted by molar-refractivity contribution is 7.26. The van der Waals surface area contributed by atoms with E-state index in [1.54, 1.807) is 11.3 Å². The van der Waals surface area contributed by atoms with E-state index in [0.717, 1.165) is 40.4 Å². The lowest BCUT2D eigenvalue weighted by Gasteiger charge is -2.12. The van der Waals surface area contributed by atoms with Gasteiger partial charge in [0.1, 0.15) is 0 Å². The van der Waals surface area contributed by atoms with E-state index in [4.69, 9.17) is 15.0 Å². The second-order valence-corrected chi connectivity index (χ2v) is 14.6. The first-order chi connectivity index (χ1) is 25.7. The van der Waals surface area contributed by atoms with Crippen LogP contribution in [0.3, 0.4) is 0 Å². The molecule has 0 saturated heterocycles. The van der Waals surface area contributed by atoms with E-state index >= 15 is 0 Å². The van der Waals surface area contributed by atoms with E-state index in [1.165, 1.54) is 58.2 Å². The van der Waals surface area contributed by atoms with E-state index in [0.29, 0.717) is 17.6 Å². The molecule has 5 heteroatoms. The number of rotatable bonds is 4. The van der Waals surface area contributed by atoms with Gasteiger partial charge in [-0.15, -0.1) is 11.3 Å². The van der Waals surface area contributed by atoms with Gasteiger partial charge in [-0.2, -0.15) is 9.97 Å². The third-order valence-corrected chi connectivity index (χ3v) is 11.7. The number of allylic oxidation sites excluding steroid dienone is 4. The lowest BCUT2D eigenvalue weighted by atomic mass is 9.96. The lowest BCUT2D eigenvalue weighted by Crippen LogP contribution is -2.06. The quantitative estimate of drug-likeness (QED) is 0.186. The van der Waals surface area contributed by atoms with E-state index in [9.17, 15) is 0 Å². The van der Waals surface area contributed by atoms with Gasteiger partial charge in [0.2, 0.25) is 5.95 Å². The van der Waals surface area contributed by atoms with Crippen molar-refractivity contribution >= 4 is 80.4 Å². The normalized spacial score (nSPS) is 13.3. The Balaban J connectivity index is 1.17. The molecule has 11 rings (SSSR count). The Bertz CT molecular complexity index is 3140. The smallest absolute Gasteiger partial charge is 0.238 e. The van der Waals surface area contributed by atoms with Crippen LogP contribution in [0.5, 0.6) is 0 Å². The van der Waals surface area contributed by atoms with Crippen molar-refractivity contribution in [1.29, 1.82) is 0 Å². The zero-order chi connectivity index (χ0) is 34.2. The van der Waals surface area contributed by atoms with Crippen LogP contribution in [-0.2, 0) is 0 Å². The molecule has 0 spiro atoms. The van der Waals surface area contributed by atoms with Crippen LogP contribution in [0.1, 0.15) is 18.4 Å². The number of hydrogen-bond acceptors (Lipinski definition) is 4. The molecule has 0 atom stereocenters. The van der Waals surface area contributed by atoms with Crippen LogP contribution in [0.25, 0.3) is 97.8 Å². The fourth-order valence-corrected chi connectivity index (χ4v) is 9.11. The molecule has 0 aliphatic heterocycles. The summed E-state index contributed by atoms with van der Waals surface area (Å²) in [6.07, 6.45) is 9.03. The van der Waals surface area contributed by atoms with Gasteiger partial charge in [0, 0.05) is 42.1 Å². The number of para-hydroxylation sites is 1. The summed E-state index contributed by atoms with van der Waals surface area (Å²) in [5, 5.41) is 9.55. The topological polar surface area (TPSA) is 43.6 Å². The number of fused-ring (bicyclic) bond motifs is 8. The highest BCUT2D eigenvalue weighted by Crippen LogP contribution is 2.40. The molecule has 7 aromatic carbocycles. The summed E-state index contributed by atoms with van der Waals surface area (Å²) in [5.41, 5.74) is 6.63. The highest BCUT2D eigenvalue weighted by Gasteiger charge is 2.20. The van der Waals surface area contributed by atoms with Gasteiger partial charge in [-0.05, 0) is 88.0 Å². The van der Waals surface area contributed by atoms with Crippen LogP contribution < -0.4 is 0 Å². The Labute approximate surface area is 303 Å². The van der Waals surface area contributed by atoms with Crippen molar-refractivity contribution in [2.24, 2.45) is 0 Å². The lowest BCUT2D eigenvalue weighted by molar-refractivity contribution is 0.955. The Kier molecular flexibility index (Phi) is 6.51. The van der Waals surface area contributed by atoms with Gasteiger partial charge in [-0.3, -0.25) is 4.57 Å². The minimum Gasteiger partial charge on any atom is -0.278 e. The molecule has 1 aliphatic rings.